The second kappa shape index (κ2) is 4.98. The lowest BCUT2D eigenvalue weighted by molar-refractivity contribution is 0.100. The zero-order chi connectivity index (χ0) is 16.9. The monoisotopic (exact) mass is 311 g/mol. The molecule has 0 unspecified atom stereocenters. The van der Waals surface area contributed by atoms with Gasteiger partial charge in [0.2, 0.25) is 0 Å². The topological polar surface area (TPSA) is 120 Å². The van der Waals surface area contributed by atoms with E-state index in [0.29, 0.717) is 28.1 Å². The Morgan fingerprint density at radius 2 is 1.96 bits per heavy atom. The zero-order valence-electron chi connectivity index (χ0n) is 13.1. The van der Waals surface area contributed by atoms with Crippen LogP contribution in [0.1, 0.15) is 27.2 Å². The average Bonchev–Trinajstić information content (AvgIpc) is 2.75. The molecule has 3 aromatic rings. The van der Waals surface area contributed by atoms with Gasteiger partial charge in [-0.15, -0.1) is 0 Å². The van der Waals surface area contributed by atoms with Crippen LogP contribution in [0, 0.1) is 20.8 Å². The fraction of sp³-hybridized carbons (Fsp3) is 0.188. The van der Waals surface area contributed by atoms with Gasteiger partial charge in [0.05, 0.1) is 17.6 Å². The largest absolute Gasteiger partial charge is 0.508 e. The SMILES string of the molecule is Cc1cnc2c(n1)c(C(N)=O)c(N)n2-c1c(C)ccc(O)c1C. The number of nitrogens with zero attached hydrogens (tertiary/aromatic N) is 3. The average molecular weight is 311 g/mol. The van der Waals surface area contributed by atoms with Gasteiger partial charge in [0, 0.05) is 5.56 Å². The van der Waals surface area contributed by atoms with Gasteiger partial charge < -0.3 is 16.6 Å². The van der Waals surface area contributed by atoms with Gasteiger partial charge in [0.25, 0.3) is 5.91 Å². The van der Waals surface area contributed by atoms with Crippen LogP contribution in [0.5, 0.6) is 5.75 Å². The highest BCUT2D eigenvalue weighted by Crippen LogP contribution is 2.34. The van der Waals surface area contributed by atoms with Gasteiger partial charge in [0.1, 0.15) is 22.6 Å². The van der Waals surface area contributed by atoms with E-state index in [4.69, 9.17) is 11.5 Å². The van der Waals surface area contributed by atoms with Crippen LogP contribution in [0.3, 0.4) is 0 Å². The van der Waals surface area contributed by atoms with Crippen molar-refractivity contribution < 1.29 is 9.90 Å². The molecule has 23 heavy (non-hydrogen) atoms. The molecule has 0 spiro atoms. The van der Waals surface area contributed by atoms with E-state index in [2.05, 4.69) is 9.97 Å². The number of aromatic nitrogens is 3. The van der Waals surface area contributed by atoms with E-state index in [-0.39, 0.29) is 17.1 Å². The molecular formula is C16H17N5O2. The number of aromatic hydroxyl groups is 1. The number of benzene rings is 1. The normalized spacial score (nSPS) is 11.1. The molecule has 0 atom stereocenters. The first kappa shape index (κ1) is 14.8. The van der Waals surface area contributed by atoms with E-state index in [0.717, 1.165) is 5.56 Å². The molecule has 0 aliphatic rings. The molecule has 1 aromatic carbocycles. The van der Waals surface area contributed by atoms with Crippen LogP contribution in [0.15, 0.2) is 18.3 Å². The standard InChI is InChI=1S/C16H17N5O2/c1-7-4-5-10(22)9(3)13(7)21-14(17)11(15(18)23)12-16(21)19-6-8(2)20-12/h4-6,22H,17H2,1-3H3,(H2,18,23). The number of amides is 1. The highest BCUT2D eigenvalue weighted by molar-refractivity contribution is 6.09. The van der Waals surface area contributed by atoms with Crippen molar-refractivity contribution in [3.8, 4) is 11.4 Å². The summed E-state index contributed by atoms with van der Waals surface area (Å²) in [5.74, 6) is -0.371. The highest BCUT2D eigenvalue weighted by atomic mass is 16.3. The number of nitrogen functional groups attached to an aromatic ring is 1. The second-order valence-electron chi connectivity index (χ2n) is 5.52. The molecule has 0 aliphatic heterocycles. The Morgan fingerprint density at radius 3 is 2.61 bits per heavy atom. The molecule has 0 saturated carbocycles. The Kier molecular flexibility index (Phi) is 3.21. The molecule has 0 radical (unpaired) electrons. The summed E-state index contributed by atoms with van der Waals surface area (Å²) in [6.07, 6.45) is 1.59. The molecule has 5 N–H and O–H groups in total. The third-order valence-electron chi connectivity index (χ3n) is 3.89. The summed E-state index contributed by atoms with van der Waals surface area (Å²) < 4.78 is 1.62. The van der Waals surface area contributed by atoms with Crippen LogP contribution in [0.2, 0.25) is 0 Å². The minimum atomic E-state index is -0.665. The third kappa shape index (κ3) is 2.09. The van der Waals surface area contributed by atoms with Gasteiger partial charge in [0.15, 0.2) is 5.65 Å². The number of nitrogens with two attached hydrogens (primary N) is 2. The van der Waals surface area contributed by atoms with Gasteiger partial charge >= 0.3 is 0 Å². The first-order chi connectivity index (χ1) is 10.8. The Morgan fingerprint density at radius 1 is 1.26 bits per heavy atom. The first-order valence-corrected chi connectivity index (χ1v) is 7.05. The number of carbonyl (C=O) groups excluding carboxylic acids is 1. The van der Waals surface area contributed by atoms with E-state index < -0.39 is 5.91 Å². The van der Waals surface area contributed by atoms with Crippen molar-refractivity contribution in [1.29, 1.82) is 0 Å². The Labute approximate surface area is 132 Å². The fourth-order valence-electron chi connectivity index (χ4n) is 2.79. The summed E-state index contributed by atoms with van der Waals surface area (Å²) in [6.45, 7) is 5.43. The molecule has 1 amide bonds. The van der Waals surface area contributed by atoms with Gasteiger partial charge in [-0.1, -0.05) is 6.07 Å². The minimum absolute atomic E-state index is 0.132. The molecule has 0 aliphatic carbocycles. The van der Waals surface area contributed by atoms with Crippen LogP contribution in [-0.2, 0) is 0 Å². The van der Waals surface area contributed by atoms with Crippen LogP contribution in [-0.4, -0.2) is 25.5 Å². The van der Waals surface area contributed by atoms with Crippen molar-refractivity contribution >= 4 is 22.9 Å². The van der Waals surface area contributed by atoms with Crippen LogP contribution in [0.4, 0.5) is 5.82 Å². The van der Waals surface area contributed by atoms with Crippen molar-refractivity contribution in [2.75, 3.05) is 5.73 Å². The number of phenolic OH excluding ortho intramolecular Hbond substituents is 1. The summed E-state index contributed by atoms with van der Waals surface area (Å²) in [4.78, 5) is 20.6. The maximum atomic E-state index is 11.8. The predicted molar refractivity (Wildman–Crippen MR) is 87.7 cm³/mol. The van der Waals surface area contributed by atoms with E-state index in [1.54, 1.807) is 36.7 Å². The number of phenols is 1. The Hall–Kier alpha value is -3.09. The summed E-state index contributed by atoms with van der Waals surface area (Å²) in [5, 5.41) is 10.0. The molecule has 3 rings (SSSR count). The van der Waals surface area contributed by atoms with Gasteiger partial charge in [-0.3, -0.25) is 9.36 Å². The van der Waals surface area contributed by atoms with Crippen molar-refractivity contribution in [3.05, 3.63) is 40.7 Å². The Bertz CT molecular complexity index is 959. The molecule has 7 heteroatoms. The lowest BCUT2D eigenvalue weighted by Gasteiger charge is -2.15. The second-order valence-corrected chi connectivity index (χ2v) is 5.52. The first-order valence-electron chi connectivity index (χ1n) is 7.05. The van der Waals surface area contributed by atoms with Crippen molar-refractivity contribution in [3.63, 3.8) is 0 Å². The maximum Gasteiger partial charge on any atom is 0.254 e. The van der Waals surface area contributed by atoms with E-state index in [1.165, 1.54) is 0 Å². The minimum Gasteiger partial charge on any atom is -0.508 e. The summed E-state index contributed by atoms with van der Waals surface area (Å²) >= 11 is 0. The molecule has 2 aromatic heterocycles. The zero-order valence-corrected chi connectivity index (χ0v) is 13.1. The van der Waals surface area contributed by atoms with Crippen molar-refractivity contribution in [1.82, 2.24) is 14.5 Å². The van der Waals surface area contributed by atoms with Crippen molar-refractivity contribution in [2.24, 2.45) is 5.73 Å². The van der Waals surface area contributed by atoms with E-state index in [1.807, 2.05) is 6.92 Å². The highest BCUT2D eigenvalue weighted by Gasteiger charge is 2.24. The Balaban J connectivity index is 2.52. The summed E-state index contributed by atoms with van der Waals surface area (Å²) in [5.41, 5.74) is 15.4. The number of anilines is 1. The molecule has 0 bridgehead atoms. The quantitative estimate of drug-likeness (QED) is 0.665. The lowest BCUT2D eigenvalue weighted by atomic mass is 10.1. The van der Waals surface area contributed by atoms with E-state index >= 15 is 0 Å². The number of hydrogen-bond acceptors (Lipinski definition) is 5. The lowest BCUT2D eigenvalue weighted by Crippen LogP contribution is -2.14. The number of rotatable bonds is 2. The van der Waals surface area contributed by atoms with E-state index in [9.17, 15) is 9.90 Å². The molecule has 0 saturated heterocycles. The smallest absolute Gasteiger partial charge is 0.254 e. The van der Waals surface area contributed by atoms with Crippen LogP contribution < -0.4 is 11.5 Å². The molecule has 118 valence electrons. The molecule has 0 fully saturated rings. The predicted octanol–water partition coefficient (Wildman–Crippen LogP) is 1.73. The summed E-state index contributed by atoms with van der Waals surface area (Å²) in [7, 11) is 0. The molecule has 7 nitrogen and oxygen atoms in total. The van der Waals surface area contributed by atoms with Gasteiger partial charge in [-0.05, 0) is 32.4 Å². The van der Waals surface area contributed by atoms with Crippen molar-refractivity contribution in [2.45, 2.75) is 20.8 Å². The maximum absolute atomic E-state index is 11.8. The number of aryl methyl sites for hydroxylation is 2. The number of carbonyl (C=O) groups is 1. The van der Waals surface area contributed by atoms with Crippen LogP contribution >= 0.6 is 0 Å². The fourth-order valence-corrected chi connectivity index (χ4v) is 2.79. The van der Waals surface area contributed by atoms with Gasteiger partial charge in [-0.25, -0.2) is 9.97 Å². The summed E-state index contributed by atoms with van der Waals surface area (Å²) in [6, 6.07) is 3.38. The number of fused-ring (bicyclic) bond motifs is 1. The number of primary amides is 1. The van der Waals surface area contributed by atoms with Crippen LogP contribution in [0.25, 0.3) is 16.9 Å². The van der Waals surface area contributed by atoms with Gasteiger partial charge in [-0.2, -0.15) is 0 Å². The third-order valence-corrected chi connectivity index (χ3v) is 3.89. The number of hydrogen-bond donors (Lipinski definition) is 3. The molecular weight excluding hydrogens is 294 g/mol. The molecule has 2 heterocycles.